The Balaban J connectivity index is 1.03. The van der Waals surface area contributed by atoms with Gasteiger partial charge in [-0.1, -0.05) is 219 Å². The van der Waals surface area contributed by atoms with E-state index in [0.717, 1.165) is 77.5 Å². The van der Waals surface area contributed by atoms with E-state index in [4.69, 9.17) is 13.8 Å². The van der Waals surface area contributed by atoms with Gasteiger partial charge in [-0.25, -0.2) is 4.98 Å². The maximum atomic E-state index is 9.58. The number of benzene rings is 9. The molecule has 3 heterocycles. The van der Waals surface area contributed by atoms with Gasteiger partial charge in [0, 0.05) is 25.8 Å². The van der Waals surface area contributed by atoms with Crippen LogP contribution in [0.15, 0.2) is 231 Å². The molecule has 0 unspecified atom stereocenters. The summed E-state index contributed by atoms with van der Waals surface area (Å²) >= 11 is 0. The molecule has 0 atom stereocenters. The summed E-state index contributed by atoms with van der Waals surface area (Å²) in [5.41, 5.74) is 11.3. The van der Waals surface area contributed by atoms with Crippen molar-refractivity contribution < 1.29 is 18.9 Å². The Kier molecular flexibility index (Phi) is 10.4. The van der Waals surface area contributed by atoms with Gasteiger partial charge in [-0.05, 0) is 133 Å². The van der Waals surface area contributed by atoms with E-state index in [0.29, 0.717) is 34.1 Å². The van der Waals surface area contributed by atoms with Crippen LogP contribution < -0.4 is 9.30 Å². The zero-order valence-electron chi connectivity index (χ0n) is 51.7. The van der Waals surface area contributed by atoms with E-state index >= 15 is 0 Å². The lowest BCUT2D eigenvalue weighted by atomic mass is 9.78. The minimum absolute atomic E-state index is 0.0892. The third-order valence-electron chi connectivity index (χ3n) is 14.7. The van der Waals surface area contributed by atoms with Crippen LogP contribution in [0.25, 0.3) is 83.4 Å². The summed E-state index contributed by atoms with van der Waals surface area (Å²) in [5.74, 6) is 1.71. The molecule has 12 aromatic rings. The Bertz CT molecular complexity index is 4490. The summed E-state index contributed by atoms with van der Waals surface area (Å²) in [6.45, 7) is 17.1. The fraction of sp³-hybridized carbons (Fsp3) is 0.167. The zero-order valence-corrected chi connectivity index (χ0v) is 44.7. The van der Waals surface area contributed by atoms with Crippen molar-refractivity contribution in [2.45, 2.75) is 78.0 Å². The summed E-state index contributed by atoms with van der Waals surface area (Å²) in [7, 11) is 0. The molecule has 0 amide bonds. The van der Waals surface area contributed by atoms with Gasteiger partial charge in [0.05, 0.1) is 40.3 Å². The molecule has 0 saturated carbocycles. The number of hydrogen-bond acceptors (Lipinski definition) is 2. The molecule has 5 heteroatoms. The van der Waals surface area contributed by atoms with E-state index in [9.17, 15) is 5.48 Å². The number of para-hydroxylation sites is 2. The fourth-order valence-electron chi connectivity index (χ4n) is 10.5. The molecule has 0 aliphatic carbocycles. The maximum Gasteiger partial charge on any atom is 0.269 e. The highest BCUT2D eigenvalue weighted by atomic mass is 16.5. The SMILES string of the molecule is [2H]c1c([2H])c([2H])c(-c2cccc(-c3cc(C(C)(C)C)cc(C(C)(C)C)c3)c2-[n+]2[c-]n(-c3cccc(Oc4ccc5c6ccccc6n(-c6cc(C([2H])([2H])C(C)(C)c7ccccc7)ccn6)c5c4)c3)c3cc(-c4ccccc4)ccc32)c([2H])c1[2H]. The second-order valence-corrected chi connectivity index (χ2v) is 22.5. The maximum absolute atomic E-state index is 9.58. The number of rotatable bonds is 11. The van der Waals surface area contributed by atoms with Gasteiger partial charge in [0.15, 0.2) is 0 Å². The molecule has 378 valence electrons. The van der Waals surface area contributed by atoms with Crippen molar-refractivity contribution in [1.82, 2.24) is 14.1 Å². The number of hydrogen-bond donors (Lipinski definition) is 0. The van der Waals surface area contributed by atoms with Gasteiger partial charge < -0.3 is 4.74 Å². The number of pyridine rings is 1. The number of nitrogens with zero attached hydrogens (tertiary/aromatic N) is 4. The normalized spacial score (nSPS) is 13.7. The standard InChI is InChI=1S/C72H64N4O/c1-70(2,3)55-41-53(42-56(44-55)71(4,5)6)61-32-21-31-60(51-24-14-10-15-25-51)69(61)75-48-74(67-43-52(34-37-65(67)75)50-22-12-9-13-23-50)57-28-20-29-58(45-57)77-59-35-36-63-62-30-18-19-33-64(62)76(66(63)46-59)68-40-49(38-39-73-68)47-72(7,8)54-26-16-11-17-27-54/h9-46H,47H2,1-8H3/i10D,14D,15D,24D,25D,47D2. The summed E-state index contributed by atoms with van der Waals surface area (Å²) in [5, 5.41) is 2.01. The second-order valence-electron chi connectivity index (χ2n) is 22.5. The van der Waals surface area contributed by atoms with Crippen LogP contribution in [0.5, 0.6) is 11.5 Å². The topological polar surface area (TPSA) is 35.9 Å². The third kappa shape index (κ3) is 9.52. The first-order chi connectivity index (χ1) is 40.0. The predicted octanol–water partition coefficient (Wildman–Crippen LogP) is 18.1. The molecule has 0 bridgehead atoms. The quantitative estimate of drug-likeness (QED) is 0.0956. The van der Waals surface area contributed by atoms with Gasteiger partial charge in [0.25, 0.3) is 6.33 Å². The molecular weight excluding hydrogens is 937 g/mol. The zero-order chi connectivity index (χ0) is 59.2. The Morgan fingerprint density at radius 2 is 1.18 bits per heavy atom. The molecule has 3 aromatic heterocycles. The molecule has 0 aliphatic rings. The van der Waals surface area contributed by atoms with Crippen LogP contribution in [-0.2, 0) is 22.6 Å². The van der Waals surface area contributed by atoms with Crippen molar-refractivity contribution in [1.29, 1.82) is 0 Å². The van der Waals surface area contributed by atoms with E-state index < -0.39 is 29.9 Å². The van der Waals surface area contributed by atoms with Gasteiger partial charge in [-0.15, -0.1) is 0 Å². The summed E-state index contributed by atoms with van der Waals surface area (Å²) in [4.78, 5) is 4.88. The number of imidazole rings is 1. The van der Waals surface area contributed by atoms with Gasteiger partial charge in [0.2, 0.25) is 0 Å². The number of aromatic nitrogens is 4. The molecule has 9 aromatic carbocycles. The van der Waals surface area contributed by atoms with Gasteiger partial charge in [0.1, 0.15) is 17.3 Å². The van der Waals surface area contributed by atoms with Crippen molar-refractivity contribution in [3.63, 3.8) is 0 Å². The van der Waals surface area contributed by atoms with Crippen molar-refractivity contribution in [2.24, 2.45) is 0 Å². The minimum atomic E-state index is -1.76. The molecule has 0 aliphatic heterocycles. The molecule has 0 spiro atoms. The van der Waals surface area contributed by atoms with Crippen LogP contribution in [0.4, 0.5) is 0 Å². The van der Waals surface area contributed by atoms with Crippen molar-refractivity contribution in [2.75, 3.05) is 0 Å². The second kappa shape index (κ2) is 19.4. The molecule has 5 nitrogen and oxygen atoms in total. The average Bonchev–Trinajstić information content (AvgIpc) is 2.19. The summed E-state index contributed by atoms with van der Waals surface area (Å²) < 4.78 is 77.1. The first-order valence-corrected chi connectivity index (χ1v) is 26.3. The Morgan fingerprint density at radius 1 is 0.519 bits per heavy atom. The smallest absolute Gasteiger partial charge is 0.269 e. The Morgan fingerprint density at radius 3 is 1.92 bits per heavy atom. The van der Waals surface area contributed by atoms with Crippen LogP contribution in [-0.4, -0.2) is 14.1 Å². The predicted molar refractivity (Wildman–Crippen MR) is 319 cm³/mol. The van der Waals surface area contributed by atoms with Crippen molar-refractivity contribution >= 4 is 32.8 Å². The van der Waals surface area contributed by atoms with E-state index in [1.807, 2.05) is 144 Å². The van der Waals surface area contributed by atoms with E-state index in [1.165, 1.54) is 0 Å². The minimum Gasteiger partial charge on any atom is -0.458 e. The van der Waals surface area contributed by atoms with Crippen LogP contribution >= 0.6 is 0 Å². The fourth-order valence-corrected chi connectivity index (χ4v) is 10.5. The molecule has 0 radical (unpaired) electrons. The first-order valence-electron chi connectivity index (χ1n) is 29.8. The molecule has 0 N–H and O–H groups in total. The van der Waals surface area contributed by atoms with Crippen LogP contribution in [0, 0.1) is 6.33 Å². The summed E-state index contributed by atoms with van der Waals surface area (Å²) in [6.07, 6.45) is 3.69. The van der Waals surface area contributed by atoms with Crippen LogP contribution in [0.1, 0.15) is 87.2 Å². The van der Waals surface area contributed by atoms with E-state index in [2.05, 4.69) is 119 Å². The third-order valence-corrected chi connectivity index (χ3v) is 14.7. The lowest BCUT2D eigenvalue weighted by molar-refractivity contribution is -0.571. The molecule has 0 saturated heterocycles. The molecular formula is C72H64N4O. The van der Waals surface area contributed by atoms with E-state index in [1.54, 1.807) is 12.3 Å². The highest BCUT2D eigenvalue weighted by molar-refractivity contribution is 6.09. The lowest BCUT2D eigenvalue weighted by Crippen LogP contribution is -2.31. The van der Waals surface area contributed by atoms with Gasteiger partial charge >= 0.3 is 0 Å². The van der Waals surface area contributed by atoms with Crippen molar-refractivity contribution in [3.05, 3.63) is 259 Å². The van der Waals surface area contributed by atoms with Crippen molar-refractivity contribution in [3.8, 4) is 62.1 Å². The Hall–Kier alpha value is -8.80. The molecule has 12 rings (SSSR count). The van der Waals surface area contributed by atoms with Gasteiger partial charge in [-0.2, -0.15) is 0 Å². The number of ether oxygens (including phenoxy) is 1. The average molecular weight is 1010 g/mol. The summed E-state index contributed by atoms with van der Waals surface area (Å²) in [6, 6.07) is 62.5. The Labute approximate surface area is 463 Å². The first kappa shape index (κ1) is 41.4. The number of fused-ring (bicyclic) bond motifs is 4. The molecule has 77 heavy (non-hydrogen) atoms. The lowest BCUT2D eigenvalue weighted by Gasteiger charge is -2.27. The van der Waals surface area contributed by atoms with Crippen LogP contribution in [0.3, 0.4) is 0 Å². The largest absolute Gasteiger partial charge is 0.458 e. The van der Waals surface area contributed by atoms with Crippen LogP contribution in [0.2, 0.25) is 0 Å². The molecule has 0 fully saturated rings. The monoisotopic (exact) mass is 1010 g/mol. The van der Waals surface area contributed by atoms with E-state index in [-0.39, 0.29) is 28.5 Å². The highest BCUT2D eigenvalue weighted by Crippen LogP contribution is 2.41. The highest BCUT2D eigenvalue weighted by Gasteiger charge is 2.26. The van der Waals surface area contributed by atoms with Gasteiger partial charge in [-0.3, -0.25) is 13.7 Å².